The van der Waals surface area contributed by atoms with Crippen LogP contribution in [-0.4, -0.2) is 27.6 Å². The van der Waals surface area contributed by atoms with E-state index in [4.69, 9.17) is 5.26 Å². The summed E-state index contributed by atoms with van der Waals surface area (Å²) in [5, 5.41) is 21.6. The van der Waals surface area contributed by atoms with Crippen molar-refractivity contribution in [3.63, 3.8) is 0 Å². The number of fused-ring (bicyclic) bond motifs is 1. The summed E-state index contributed by atoms with van der Waals surface area (Å²) in [5.74, 6) is -1.80. The molecule has 0 atom stereocenters. The van der Waals surface area contributed by atoms with Gasteiger partial charge in [0.25, 0.3) is 5.91 Å². The summed E-state index contributed by atoms with van der Waals surface area (Å²) in [4.78, 5) is 24.4. The van der Waals surface area contributed by atoms with Crippen molar-refractivity contribution in [2.75, 3.05) is 0 Å². The highest BCUT2D eigenvalue weighted by Crippen LogP contribution is 2.28. The first-order valence-electron chi connectivity index (χ1n) is 12.3. The van der Waals surface area contributed by atoms with Crippen LogP contribution in [0.2, 0.25) is 0 Å². The molecule has 6 nitrogen and oxygen atoms in total. The van der Waals surface area contributed by atoms with E-state index in [1.165, 1.54) is 12.1 Å². The number of halogens is 1. The Morgan fingerprint density at radius 2 is 1.59 bits per heavy atom. The van der Waals surface area contributed by atoms with Gasteiger partial charge in [-0.3, -0.25) is 9.59 Å². The molecule has 3 aromatic carbocycles. The second kappa shape index (κ2) is 10.3. The van der Waals surface area contributed by atoms with Crippen LogP contribution in [0, 0.1) is 23.1 Å². The van der Waals surface area contributed by atoms with E-state index in [2.05, 4.69) is 11.4 Å². The van der Waals surface area contributed by atoms with Crippen molar-refractivity contribution in [2.45, 2.75) is 38.3 Å². The first-order valence-corrected chi connectivity index (χ1v) is 12.3. The van der Waals surface area contributed by atoms with Gasteiger partial charge in [-0.05, 0) is 72.7 Å². The highest BCUT2D eigenvalue weighted by atomic mass is 19.1. The second-order valence-electron chi connectivity index (χ2n) is 9.55. The zero-order valence-corrected chi connectivity index (χ0v) is 20.2. The van der Waals surface area contributed by atoms with Crippen LogP contribution >= 0.6 is 0 Å². The lowest BCUT2D eigenvalue weighted by Crippen LogP contribution is -2.38. The van der Waals surface area contributed by atoms with Crippen LogP contribution in [0.25, 0.3) is 22.0 Å². The normalized spacial score (nSPS) is 17.3. The largest absolute Gasteiger partial charge is 0.481 e. The fourth-order valence-electron chi connectivity index (χ4n) is 5.09. The van der Waals surface area contributed by atoms with Crippen molar-refractivity contribution in [1.29, 1.82) is 5.26 Å². The van der Waals surface area contributed by atoms with E-state index >= 15 is 0 Å². The minimum atomic E-state index is -0.784. The summed E-state index contributed by atoms with van der Waals surface area (Å²) < 4.78 is 16.5. The third-order valence-electron chi connectivity index (χ3n) is 7.18. The number of aliphatic carboxylic acids is 1. The first kappa shape index (κ1) is 24.3. The number of carboxylic acid groups (broad SMARTS) is 1. The van der Waals surface area contributed by atoms with Crippen molar-refractivity contribution in [2.24, 2.45) is 5.92 Å². The van der Waals surface area contributed by atoms with Gasteiger partial charge in [0.1, 0.15) is 5.82 Å². The Balaban J connectivity index is 1.36. The number of hydrogen-bond donors (Lipinski definition) is 2. The molecule has 1 saturated carbocycles. The Hall–Kier alpha value is -4.44. The van der Waals surface area contributed by atoms with Crippen molar-refractivity contribution in [1.82, 2.24) is 9.88 Å². The summed E-state index contributed by atoms with van der Waals surface area (Å²) in [6.45, 7) is 0.463. The third kappa shape index (κ3) is 5.10. The molecule has 0 bridgehead atoms. The molecular weight excluding hydrogens is 469 g/mol. The molecule has 0 aliphatic heterocycles. The predicted molar refractivity (Wildman–Crippen MR) is 138 cm³/mol. The van der Waals surface area contributed by atoms with Crippen LogP contribution < -0.4 is 5.32 Å². The summed E-state index contributed by atoms with van der Waals surface area (Å²) in [6.07, 6.45) is 4.08. The minimum absolute atomic E-state index is 0.0959. The average molecular weight is 496 g/mol. The molecule has 7 heteroatoms. The fourth-order valence-corrected chi connectivity index (χ4v) is 5.09. The zero-order chi connectivity index (χ0) is 25.9. The topological polar surface area (TPSA) is 95.1 Å². The molecule has 1 amide bonds. The van der Waals surface area contributed by atoms with Crippen molar-refractivity contribution in [3.05, 3.63) is 95.4 Å². The lowest BCUT2D eigenvalue weighted by molar-refractivity contribution is -0.142. The Kier molecular flexibility index (Phi) is 6.74. The average Bonchev–Trinajstić information content (AvgIpc) is 3.34. The van der Waals surface area contributed by atoms with Crippen LogP contribution in [-0.2, 0) is 11.3 Å². The van der Waals surface area contributed by atoms with Gasteiger partial charge in [0.2, 0.25) is 0 Å². The van der Waals surface area contributed by atoms with Gasteiger partial charge >= 0.3 is 5.97 Å². The van der Waals surface area contributed by atoms with Gasteiger partial charge < -0.3 is 15.0 Å². The van der Waals surface area contributed by atoms with E-state index in [1.807, 2.05) is 41.0 Å². The summed E-state index contributed by atoms with van der Waals surface area (Å²) in [5.41, 5.74) is 4.57. The lowest BCUT2D eigenvalue weighted by atomic mass is 9.86. The summed E-state index contributed by atoms with van der Waals surface area (Å²) in [6, 6.07) is 21.9. The monoisotopic (exact) mass is 495 g/mol. The molecule has 5 rings (SSSR count). The molecule has 1 aliphatic carbocycles. The Bertz CT molecular complexity index is 1490. The molecule has 0 unspecified atom stereocenters. The van der Waals surface area contributed by atoms with E-state index < -0.39 is 5.97 Å². The van der Waals surface area contributed by atoms with E-state index in [0.29, 0.717) is 54.3 Å². The number of rotatable bonds is 6. The number of amides is 1. The van der Waals surface area contributed by atoms with Gasteiger partial charge in [-0.2, -0.15) is 5.26 Å². The number of benzene rings is 3. The molecule has 1 aromatic heterocycles. The predicted octanol–water partition coefficient (Wildman–Crippen LogP) is 5.74. The quantitative estimate of drug-likeness (QED) is 0.357. The number of hydrogen-bond acceptors (Lipinski definition) is 3. The Morgan fingerprint density at radius 3 is 2.22 bits per heavy atom. The van der Waals surface area contributed by atoms with Gasteiger partial charge in [0, 0.05) is 24.2 Å². The molecule has 0 spiro atoms. The minimum Gasteiger partial charge on any atom is -0.481 e. The smallest absolute Gasteiger partial charge is 0.306 e. The van der Waals surface area contributed by atoms with Crippen molar-refractivity contribution < 1.29 is 19.1 Å². The van der Waals surface area contributed by atoms with Gasteiger partial charge in [-0.15, -0.1) is 0 Å². The summed E-state index contributed by atoms with van der Waals surface area (Å²) >= 11 is 0. The standard InChI is InChI=1S/C30H26FN3O3/c31-27-14-13-26(29(35)33-24-11-9-23(10-12-24)30(36)37)28-25(27)15-16-34(28)18-20-3-7-22(8-4-20)21-5-1-19(17-32)2-6-21/h1-8,13-16,23-24H,9-12,18H2,(H,33,35)(H,36,37). The maximum atomic E-state index is 14.6. The summed E-state index contributed by atoms with van der Waals surface area (Å²) in [7, 11) is 0. The maximum absolute atomic E-state index is 14.6. The molecule has 186 valence electrons. The van der Waals surface area contributed by atoms with E-state index in [1.54, 1.807) is 24.4 Å². The first-order chi connectivity index (χ1) is 17.9. The number of nitrogens with one attached hydrogen (secondary N) is 1. The van der Waals surface area contributed by atoms with Crippen LogP contribution in [0.4, 0.5) is 4.39 Å². The van der Waals surface area contributed by atoms with E-state index in [9.17, 15) is 19.1 Å². The Labute approximate surface area is 214 Å². The molecule has 0 radical (unpaired) electrons. The molecule has 1 heterocycles. The third-order valence-corrected chi connectivity index (χ3v) is 7.18. The Morgan fingerprint density at radius 1 is 0.946 bits per heavy atom. The number of nitrogens with zero attached hydrogens (tertiary/aromatic N) is 2. The van der Waals surface area contributed by atoms with Gasteiger partial charge in [0.05, 0.1) is 28.6 Å². The van der Waals surface area contributed by atoms with Crippen LogP contribution in [0.5, 0.6) is 0 Å². The van der Waals surface area contributed by atoms with E-state index in [0.717, 1.165) is 16.7 Å². The molecule has 37 heavy (non-hydrogen) atoms. The van der Waals surface area contributed by atoms with Crippen LogP contribution in [0.1, 0.15) is 47.2 Å². The number of carbonyl (C=O) groups excluding carboxylic acids is 1. The van der Waals surface area contributed by atoms with Crippen molar-refractivity contribution >= 4 is 22.8 Å². The molecule has 1 fully saturated rings. The molecule has 0 saturated heterocycles. The molecule has 1 aliphatic rings. The number of carboxylic acids is 1. The van der Waals surface area contributed by atoms with Crippen LogP contribution in [0.3, 0.4) is 0 Å². The highest BCUT2D eigenvalue weighted by Gasteiger charge is 2.27. The number of nitriles is 1. The SMILES string of the molecule is N#Cc1ccc(-c2ccc(Cn3ccc4c(F)ccc(C(=O)NC5CCC(C(=O)O)CC5)c43)cc2)cc1. The zero-order valence-electron chi connectivity index (χ0n) is 20.2. The fraction of sp³-hybridized carbons (Fsp3) is 0.233. The van der Waals surface area contributed by atoms with Gasteiger partial charge in [0.15, 0.2) is 0 Å². The van der Waals surface area contributed by atoms with E-state index in [-0.39, 0.29) is 23.7 Å². The number of aromatic nitrogens is 1. The maximum Gasteiger partial charge on any atom is 0.306 e. The van der Waals surface area contributed by atoms with Crippen LogP contribution in [0.15, 0.2) is 72.9 Å². The molecule has 4 aromatic rings. The highest BCUT2D eigenvalue weighted by molar-refractivity contribution is 6.06. The van der Waals surface area contributed by atoms with Crippen molar-refractivity contribution in [3.8, 4) is 17.2 Å². The lowest BCUT2D eigenvalue weighted by Gasteiger charge is -2.27. The van der Waals surface area contributed by atoms with Gasteiger partial charge in [-0.1, -0.05) is 36.4 Å². The van der Waals surface area contributed by atoms with Gasteiger partial charge in [-0.25, -0.2) is 4.39 Å². The molecule has 2 N–H and O–H groups in total. The second-order valence-corrected chi connectivity index (χ2v) is 9.55. The molecular formula is C30H26FN3O3. The number of carbonyl (C=O) groups is 2.